The van der Waals surface area contributed by atoms with Gasteiger partial charge in [-0.15, -0.1) is 0 Å². The van der Waals surface area contributed by atoms with E-state index in [9.17, 15) is 0 Å². The molecule has 0 aliphatic carbocycles. The first-order chi connectivity index (χ1) is 10.8. The lowest BCUT2D eigenvalue weighted by Crippen LogP contribution is -2.03. The zero-order chi connectivity index (χ0) is 15.4. The zero-order valence-electron chi connectivity index (χ0n) is 12.5. The van der Waals surface area contributed by atoms with Gasteiger partial charge in [-0.1, -0.05) is 30.3 Å². The summed E-state index contributed by atoms with van der Waals surface area (Å²) in [6, 6.07) is 10.0. The van der Waals surface area contributed by atoms with E-state index in [1.54, 1.807) is 14.2 Å². The Kier molecular flexibility index (Phi) is 4.20. The third kappa shape index (κ3) is 2.73. The second kappa shape index (κ2) is 6.44. The molecule has 0 bridgehead atoms. The zero-order valence-corrected chi connectivity index (χ0v) is 12.5. The first kappa shape index (κ1) is 14.3. The van der Waals surface area contributed by atoms with E-state index in [-0.39, 0.29) is 0 Å². The standard InChI is InChI=1S/C16H17N3O3/c1-20-13-8-19(11-22-9-12-6-4-3-5-7-12)15-14(13)17-10-18-16(15)21-2/h3-8,10H,9,11H2,1-2H3. The minimum Gasteiger partial charge on any atom is -0.493 e. The van der Waals surface area contributed by atoms with Gasteiger partial charge in [0.1, 0.15) is 24.1 Å². The predicted molar refractivity (Wildman–Crippen MR) is 81.9 cm³/mol. The van der Waals surface area contributed by atoms with Crippen molar-refractivity contribution in [1.82, 2.24) is 14.5 Å². The van der Waals surface area contributed by atoms with Crippen LogP contribution in [0, 0.1) is 0 Å². The number of nitrogens with zero attached hydrogens (tertiary/aromatic N) is 3. The number of ether oxygens (including phenoxy) is 3. The number of methoxy groups -OCH3 is 2. The summed E-state index contributed by atoms with van der Waals surface area (Å²) in [6.45, 7) is 0.886. The molecular weight excluding hydrogens is 282 g/mol. The Bertz CT molecular complexity index is 756. The molecule has 0 aliphatic rings. The number of benzene rings is 1. The molecular formula is C16H17N3O3. The van der Waals surface area contributed by atoms with Crippen LogP contribution in [0.25, 0.3) is 11.0 Å². The van der Waals surface area contributed by atoms with E-state index in [4.69, 9.17) is 14.2 Å². The monoisotopic (exact) mass is 299 g/mol. The van der Waals surface area contributed by atoms with Gasteiger partial charge in [0.15, 0.2) is 5.75 Å². The van der Waals surface area contributed by atoms with Gasteiger partial charge in [0, 0.05) is 0 Å². The molecule has 6 nitrogen and oxygen atoms in total. The highest BCUT2D eigenvalue weighted by Crippen LogP contribution is 2.30. The predicted octanol–water partition coefficient (Wildman–Crippen LogP) is 2.62. The van der Waals surface area contributed by atoms with Crippen molar-refractivity contribution in [3.8, 4) is 11.6 Å². The maximum Gasteiger partial charge on any atom is 0.241 e. The van der Waals surface area contributed by atoms with Crippen molar-refractivity contribution in [1.29, 1.82) is 0 Å². The Balaban J connectivity index is 1.84. The minimum absolute atomic E-state index is 0.360. The molecule has 6 heteroatoms. The fourth-order valence-electron chi connectivity index (χ4n) is 2.31. The number of hydrogen-bond donors (Lipinski definition) is 0. The lowest BCUT2D eigenvalue weighted by Gasteiger charge is -2.08. The van der Waals surface area contributed by atoms with Crippen LogP contribution >= 0.6 is 0 Å². The lowest BCUT2D eigenvalue weighted by atomic mass is 10.2. The molecule has 1 aromatic carbocycles. The van der Waals surface area contributed by atoms with Crippen LogP contribution in [0.3, 0.4) is 0 Å². The number of fused-ring (bicyclic) bond motifs is 1. The van der Waals surface area contributed by atoms with Gasteiger partial charge in [0.05, 0.1) is 27.0 Å². The molecule has 0 saturated carbocycles. The molecule has 2 aromatic heterocycles. The van der Waals surface area contributed by atoms with Crippen LogP contribution in [0.1, 0.15) is 5.56 Å². The molecule has 0 amide bonds. The maximum absolute atomic E-state index is 5.77. The van der Waals surface area contributed by atoms with Gasteiger partial charge in [0.2, 0.25) is 5.88 Å². The number of hydrogen-bond acceptors (Lipinski definition) is 5. The topological polar surface area (TPSA) is 58.4 Å². The van der Waals surface area contributed by atoms with Gasteiger partial charge < -0.3 is 18.8 Å². The van der Waals surface area contributed by atoms with Crippen molar-refractivity contribution >= 4 is 11.0 Å². The van der Waals surface area contributed by atoms with Crippen molar-refractivity contribution in [2.24, 2.45) is 0 Å². The molecule has 0 aliphatic heterocycles. The third-order valence-corrected chi connectivity index (χ3v) is 3.34. The van der Waals surface area contributed by atoms with Gasteiger partial charge in [-0.2, -0.15) is 4.98 Å². The van der Waals surface area contributed by atoms with E-state index in [0.717, 1.165) is 11.1 Å². The largest absolute Gasteiger partial charge is 0.493 e. The summed E-state index contributed by atoms with van der Waals surface area (Å²) < 4.78 is 18.3. The van der Waals surface area contributed by atoms with E-state index < -0.39 is 0 Å². The van der Waals surface area contributed by atoms with Crippen LogP contribution in [0.5, 0.6) is 11.6 Å². The third-order valence-electron chi connectivity index (χ3n) is 3.34. The second-order valence-electron chi connectivity index (χ2n) is 4.71. The van der Waals surface area contributed by atoms with Crippen LogP contribution in [0.4, 0.5) is 0 Å². The van der Waals surface area contributed by atoms with Crippen LogP contribution < -0.4 is 9.47 Å². The highest BCUT2D eigenvalue weighted by molar-refractivity contribution is 5.86. The molecule has 0 saturated heterocycles. The molecule has 0 atom stereocenters. The minimum atomic E-state index is 0.360. The molecule has 0 fully saturated rings. The first-order valence-electron chi connectivity index (χ1n) is 6.87. The van der Waals surface area contributed by atoms with E-state index in [2.05, 4.69) is 9.97 Å². The molecule has 0 N–H and O–H groups in total. The summed E-state index contributed by atoms with van der Waals surface area (Å²) in [7, 11) is 3.19. The lowest BCUT2D eigenvalue weighted by molar-refractivity contribution is 0.0663. The van der Waals surface area contributed by atoms with E-state index >= 15 is 0 Å². The van der Waals surface area contributed by atoms with Gasteiger partial charge in [-0.3, -0.25) is 0 Å². The van der Waals surface area contributed by atoms with Crippen LogP contribution in [0.15, 0.2) is 42.9 Å². The normalized spacial score (nSPS) is 10.8. The van der Waals surface area contributed by atoms with E-state index in [0.29, 0.717) is 30.5 Å². The summed E-state index contributed by atoms with van der Waals surface area (Å²) in [5.41, 5.74) is 2.58. The Morgan fingerprint density at radius 2 is 1.86 bits per heavy atom. The van der Waals surface area contributed by atoms with Gasteiger partial charge in [0.25, 0.3) is 0 Å². The Labute approximate surface area is 128 Å². The fourth-order valence-corrected chi connectivity index (χ4v) is 2.31. The molecule has 0 spiro atoms. The molecule has 2 heterocycles. The van der Waals surface area contributed by atoms with Crippen molar-refractivity contribution in [2.45, 2.75) is 13.3 Å². The highest BCUT2D eigenvalue weighted by Gasteiger charge is 2.15. The molecule has 0 radical (unpaired) electrons. The molecule has 22 heavy (non-hydrogen) atoms. The van der Waals surface area contributed by atoms with Crippen LogP contribution in [-0.2, 0) is 18.1 Å². The van der Waals surface area contributed by atoms with Gasteiger partial charge in [-0.25, -0.2) is 4.98 Å². The molecule has 3 aromatic rings. The average Bonchev–Trinajstić information content (AvgIpc) is 2.94. The summed E-state index contributed by atoms with van der Waals surface area (Å²) in [4.78, 5) is 8.39. The maximum atomic E-state index is 5.77. The summed E-state index contributed by atoms with van der Waals surface area (Å²) >= 11 is 0. The van der Waals surface area contributed by atoms with Crippen molar-refractivity contribution in [2.75, 3.05) is 14.2 Å². The summed E-state index contributed by atoms with van der Waals surface area (Å²) in [5.74, 6) is 1.16. The molecule has 3 rings (SSSR count). The Morgan fingerprint density at radius 3 is 2.59 bits per heavy atom. The van der Waals surface area contributed by atoms with Crippen molar-refractivity contribution in [3.05, 3.63) is 48.4 Å². The van der Waals surface area contributed by atoms with Gasteiger partial charge in [-0.05, 0) is 5.56 Å². The van der Waals surface area contributed by atoms with Crippen LogP contribution in [-0.4, -0.2) is 28.8 Å². The smallest absolute Gasteiger partial charge is 0.241 e. The van der Waals surface area contributed by atoms with E-state index in [1.807, 2.05) is 41.1 Å². The Hall–Kier alpha value is -2.60. The summed E-state index contributed by atoms with van der Waals surface area (Å²) in [6.07, 6.45) is 3.30. The quantitative estimate of drug-likeness (QED) is 0.700. The van der Waals surface area contributed by atoms with Crippen LogP contribution in [0.2, 0.25) is 0 Å². The first-order valence-corrected chi connectivity index (χ1v) is 6.87. The van der Waals surface area contributed by atoms with E-state index in [1.165, 1.54) is 6.33 Å². The van der Waals surface area contributed by atoms with Crippen molar-refractivity contribution in [3.63, 3.8) is 0 Å². The molecule has 114 valence electrons. The number of aromatic nitrogens is 3. The summed E-state index contributed by atoms with van der Waals surface area (Å²) in [5, 5.41) is 0. The SMILES string of the molecule is COc1cn(COCc2ccccc2)c2c(OC)ncnc12. The second-order valence-corrected chi connectivity index (χ2v) is 4.71. The fraction of sp³-hybridized carbons (Fsp3) is 0.250. The van der Waals surface area contributed by atoms with Gasteiger partial charge >= 0.3 is 0 Å². The Morgan fingerprint density at radius 1 is 1.05 bits per heavy atom. The molecule has 0 unspecified atom stereocenters. The number of rotatable bonds is 6. The van der Waals surface area contributed by atoms with Crippen molar-refractivity contribution < 1.29 is 14.2 Å². The highest BCUT2D eigenvalue weighted by atomic mass is 16.5. The average molecular weight is 299 g/mol.